The molecule has 0 spiro atoms. The minimum absolute atomic E-state index is 0.123. The second-order valence-electron chi connectivity index (χ2n) is 5.35. The topological polar surface area (TPSA) is 18.5 Å². The van der Waals surface area contributed by atoms with E-state index in [0.29, 0.717) is 0 Å². The van der Waals surface area contributed by atoms with Crippen molar-refractivity contribution in [3.05, 3.63) is 11.8 Å². The van der Waals surface area contributed by atoms with Crippen LogP contribution in [-0.2, 0) is 8.85 Å². The third kappa shape index (κ3) is 8.47. The summed E-state index contributed by atoms with van der Waals surface area (Å²) in [5, 5.41) is 0. The first kappa shape index (κ1) is 13.9. The molecule has 0 aromatic rings. The Morgan fingerprint density at radius 1 is 0.857 bits per heavy atom. The minimum Gasteiger partial charge on any atom is -0.389 e. The smallest absolute Gasteiger partial charge is 0.348 e. The van der Waals surface area contributed by atoms with Gasteiger partial charge in [-0.05, 0) is 54.2 Å². The number of hydrogen-bond donors (Lipinski definition) is 0. The van der Waals surface area contributed by atoms with Crippen molar-refractivity contribution in [2.75, 3.05) is 0 Å². The van der Waals surface area contributed by atoms with Crippen molar-refractivity contribution in [1.29, 1.82) is 0 Å². The van der Waals surface area contributed by atoms with E-state index in [1.165, 1.54) is 0 Å². The van der Waals surface area contributed by atoms with Crippen LogP contribution in [0.4, 0.5) is 0 Å². The van der Waals surface area contributed by atoms with Crippen LogP contribution in [0.1, 0.15) is 48.5 Å². The van der Waals surface area contributed by atoms with Gasteiger partial charge in [0.2, 0.25) is 0 Å². The number of allylic oxidation sites excluding steroid dienone is 1. The van der Waals surface area contributed by atoms with E-state index in [-0.39, 0.29) is 11.2 Å². The first-order chi connectivity index (χ1) is 6.14. The first-order valence-corrected chi connectivity index (χ1v) is 6.73. The molecule has 0 rings (SSSR count). The Bertz CT molecular complexity index is 170. The maximum Gasteiger partial charge on any atom is 0.348 e. The van der Waals surface area contributed by atoms with Gasteiger partial charge in [-0.25, -0.2) is 0 Å². The molecule has 0 unspecified atom stereocenters. The Morgan fingerprint density at radius 2 is 1.21 bits per heavy atom. The second-order valence-corrected chi connectivity index (χ2v) is 6.95. The Hall–Kier alpha value is -0.123. The fourth-order valence-electron chi connectivity index (χ4n) is 0.957. The maximum absolute atomic E-state index is 5.88. The van der Waals surface area contributed by atoms with Crippen LogP contribution in [0.5, 0.6) is 0 Å². The molecule has 2 nitrogen and oxygen atoms in total. The van der Waals surface area contributed by atoms with Gasteiger partial charge in [0.05, 0.1) is 11.2 Å². The molecule has 0 aliphatic heterocycles. The van der Waals surface area contributed by atoms with Gasteiger partial charge in [0.25, 0.3) is 0 Å². The summed E-state index contributed by atoms with van der Waals surface area (Å²) in [7, 11) is -1.66. The molecule has 0 N–H and O–H groups in total. The fraction of sp³-hybridized carbons (Fsp3) is 0.818. The zero-order valence-electron chi connectivity index (χ0n) is 10.5. The van der Waals surface area contributed by atoms with Gasteiger partial charge in [0, 0.05) is 0 Å². The molecule has 84 valence electrons. The molecular formula is C11H24O2Si. The van der Waals surface area contributed by atoms with Crippen molar-refractivity contribution in [3.8, 4) is 0 Å². The number of rotatable bonds is 3. The van der Waals surface area contributed by atoms with Crippen molar-refractivity contribution in [2.45, 2.75) is 59.7 Å². The molecule has 0 fully saturated rings. The summed E-state index contributed by atoms with van der Waals surface area (Å²) in [4.78, 5) is 0. The van der Waals surface area contributed by atoms with Crippen LogP contribution in [-0.4, -0.2) is 20.5 Å². The summed E-state index contributed by atoms with van der Waals surface area (Å²) in [5.74, 6) is 0. The van der Waals surface area contributed by atoms with Gasteiger partial charge < -0.3 is 8.85 Å². The van der Waals surface area contributed by atoms with E-state index < -0.39 is 9.28 Å². The summed E-state index contributed by atoms with van der Waals surface area (Å²) < 4.78 is 11.8. The van der Waals surface area contributed by atoms with E-state index in [2.05, 4.69) is 47.2 Å². The highest BCUT2D eigenvalue weighted by atomic mass is 28.3. The van der Waals surface area contributed by atoms with Crippen molar-refractivity contribution in [1.82, 2.24) is 0 Å². The highest BCUT2D eigenvalue weighted by Crippen LogP contribution is 2.15. The fourth-order valence-corrected chi connectivity index (χ4v) is 2.87. The second kappa shape index (κ2) is 5.10. The lowest BCUT2D eigenvalue weighted by molar-refractivity contribution is 0.0400. The molecule has 0 bridgehead atoms. The third-order valence-electron chi connectivity index (χ3n) is 1.29. The summed E-state index contributed by atoms with van der Waals surface area (Å²) in [6, 6.07) is 0. The zero-order chi connectivity index (χ0) is 11.4. The van der Waals surface area contributed by atoms with Crippen molar-refractivity contribution >= 4 is 9.28 Å². The van der Waals surface area contributed by atoms with Crippen molar-refractivity contribution in [3.63, 3.8) is 0 Å². The van der Waals surface area contributed by atoms with Crippen LogP contribution < -0.4 is 0 Å². The van der Waals surface area contributed by atoms with Crippen LogP contribution in [0, 0.1) is 0 Å². The van der Waals surface area contributed by atoms with E-state index >= 15 is 0 Å². The Morgan fingerprint density at radius 3 is 1.43 bits per heavy atom. The molecule has 0 saturated heterocycles. The van der Waals surface area contributed by atoms with Crippen molar-refractivity contribution < 1.29 is 8.85 Å². The average molecular weight is 216 g/mol. The molecule has 0 heterocycles. The highest BCUT2D eigenvalue weighted by Gasteiger charge is 2.24. The molecule has 14 heavy (non-hydrogen) atoms. The lowest BCUT2D eigenvalue weighted by Gasteiger charge is -2.30. The molecule has 0 aliphatic rings. The van der Waals surface area contributed by atoms with Crippen molar-refractivity contribution in [2.24, 2.45) is 0 Å². The quantitative estimate of drug-likeness (QED) is 0.675. The van der Waals surface area contributed by atoms with E-state index in [1.807, 2.05) is 13.0 Å². The summed E-state index contributed by atoms with van der Waals surface area (Å²) >= 11 is 0. The summed E-state index contributed by atoms with van der Waals surface area (Å²) in [6.45, 7) is 14.3. The van der Waals surface area contributed by atoms with Crippen LogP contribution in [0.3, 0.4) is 0 Å². The van der Waals surface area contributed by atoms with E-state index in [0.717, 1.165) is 0 Å². The van der Waals surface area contributed by atoms with Gasteiger partial charge in [-0.15, -0.1) is 0 Å². The van der Waals surface area contributed by atoms with E-state index in [1.54, 1.807) is 0 Å². The average Bonchev–Trinajstić information content (AvgIpc) is 1.78. The van der Waals surface area contributed by atoms with Gasteiger partial charge in [0.15, 0.2) is 0 Å². The molecule has 0 aromatic heterocycles. The Kier molecular flexibility index (Phi) is 5.05. The predicted octanol–water partition coefficient (Wildman–Crippen LogP) is 2.95. The van der Waals surface area contributed by atoms with Crippen LogP contribution in [0.25, 0.3) is 0 Å². The lowest BCUT2D eigenvalue weighted by atomic mass is 10.2. The standard InChI is InChI=1S/C11H24O2Si/c1-8-9-14(12-10(2,3)4)13-11(5,6)7/h8-9,14H,1-7H3. The van der Waals surface area contributed by atoms with Gasteiger partial charge >= 0.3 is 9.28 Å². The van der Waals surface area contributed by atoms with Gasteiger partial charge in [0.1, 0.15) is 0 Å². The molecule has 0 saturated carbocycles. The first-order valence-electron chi connectivity index (χ1n) is 5.12. The highest BCUT2D eigenvalue weighted by molar-refractivity contribution is 6.50. The van der Waals surface area contributed by atoms with Gasteiger partial charge in [-0.3, -0.25) is 0 Å². The van der Waals surface area contributed by atoms with Crippen LogP contribution >= 0.6 is 0 Å². The normalized spacial score (nSPS) is 14.3. The van der Waals surface area contributed by atoms with Crippen LogP contribution in [0.2, 0.25) is 0 Å². The Balaban J connectivity index is 4.31. The SMILES string of the molecule is CC=C[SiH](OC(C)(C)C)OC(C)(C)C. The molecule has 3 heteroatoms. The maximum atomic E-state index is 5.88. The third-order valence-corrected chi connectivity index (χ3v) is 3.87. The van der Waals surface area contributed by atoms with Gasteiger partial charge in [-0.1, -0.05) is 6.08 Å². The molecule has 0 atom stereocenters. The molecule has 0 amide bonds. The molecule has 0 aromatic carbocycles. The van der Waals surface area contributed by atoms with Crippen LogP contribution in [0.15, 0.2) is 11.8 Å². The monoisotopic (exact) mass is 216 g/mol. The lowest BCUT2D eigenvalue weighted by Crippen LogP contribution is -2.37. The summed E-state index contributed by atoms with van der Waals surface area (Å²) in [6.07, 6.45) is 2.01. The Labute approximate surface area is 90.2 Å². The largest absolute Gasteiger partial charge is 0.389 e. The number of hydrogen-bond acceptors (Lipinski definition) is 2. The summed E-state index contributed by atoms with van der Waals surface area (Å²) in [5.41, 5.74) is 1.82. The van der Waals surface area contributed by atoms with E-state index in [4.69, 9.17) is 8.85 Å². The zero-order valence-corrected chi connectivity index (χ0v) is 11.7. The van der Waals surface area contributed by atoms with E-state index in [9.17, 15) is 0 Å². The molecule has 0 aliphatic carbocycles. The minimum atomic E-state index is -1.66. The molecule has 0 radical (unpaired) electrons. The molecular weight excluding hydrogens is 192 g/mol. The predicted molar refractivity (Wildman–Crippen MR) is 63.6 cm³/mol. The van der Waals surface area contributed by atoms with Gasteiger partial charge in [-0.2, -0.15) is 0 Å².